The topological polar surface area (TPSA) is 91.8 Å². The van der Waals surface area contributed by atoms with Gasteiger partial charge < -0.3 is 10.0 Å². The van der Waals surface area contributed by atoms with Crippen LogP contribution in [0.5, 0.6) is 0 Å². The lowest BCUT2D eigenvalue weighted by Gasteiger charge is -2.17. The van der Waals surface area contributed by atoms with Crippen LogP contribution < -0.4 is 4.90 Å². The zero-order valence-corrected chi connectivity index (χ0v) is 13.3. The van der Waals surface area contributed by atoms with Gasteiger partial charge in [0.25, 0.3) is 0 Å². The van der Waals surface area contributed by atoms with E-state index in [1.54, 1.807) is 12.1 Å². The molecule has 1 atom stereocenters. The molecule has 1 aromatic rings. The fourth-order valence-electron chi connectivity index (χ4n) is 2.71. The minimum Gasteiger partial charge on any atom is -0.481 e. The molecule has 23 heavy (non-hydrogen) atoms. The molecule has 1 fully saturated rings. The molecule has 1 amide bonds. The fraction of sp³-hybridized carbons (Fsp3) is 0.467. The van der Waals surface area contributed by atoms with Gasteiger partial charge in [-0.3, -0.25) is 9.59 Å². The van der Waals surface area contributed by atoms with E-state index in [1.807, 2.05) is 12.1 Å². The van der Waals surface area contributed by atoms with Crippen molar-refractivity contribution in [1.29, 1.82) is 0 Å². The number of carboxylic acids is 1. The maximum Gasteiger partial charge on any atom is 0.303 e. The van der Waals surface area contributed by atoms with Crippen molar-refractivity contribution < 1.29 is 27.0 Å². The lowest BCUT2D eigenvalue weighted by atomic mass is 10.1. The van der Waals surface area contributed by atoms with Crippen LogP contribution in [-0.4, -0.2) is 37.7 Å². The van der Waals surface area contributed by atoms with Crippen LogP contribution in [0.4, 0.5) is 9.57 Å². The first kappa shape index (κ1) is 17.4. The molecule has 0 bridgehead atoms. The van der Waals surface area contributed by atoms with Gasteiger partial charge in [-0.25, -0.2) is 0 Å². The summed E-state index contributed by atoms with van der Waals surface area (Å²) in [7, 11) is -4.59. The molecule has 2 rings (SSSR count). The molecular weight excluding hydrogens is 325 g/mol. The van der Waals surface area contributed by atoms with Gasteiger partial charge in [-0.1, -0.05) is 12.1 Å². The van der Waals surface area contributed by atoms with E-state index in [2.05, 4.69) is 0 Å². The Labute approximate surface area is 134 Å². The molecule has 0 aliphatic carbocycles. The monoisotopic (exact) mass is 343 g/mol. The zero-order chi connectivity index (χ0) is 17.0. The molecule has 126 valence electrons. The Morgan fingerprint density at radius 2 is 1.96 bits per heavy atom. The van der Waals surface area contributed by atoms with E-state index in [0.29, 0.717) is 18.5 Å². The first-order valence-electron chi connectivity index (χ1n) is 7.28. The van der Waals surface area contributed by atoms with Crippen molar-refractivity contribution in [3.63, 3.8) is 0 Å². The molecule has 6 nitrogen and oxygen atoms in total. The number of halogens is 1. The lowest BCUT2D eigenvalue weighted by Crippen LogP contribution is -2.25. The van der Waals surface area contributed by atoms with Gasteiger partial charge in [0.1, 0.15) is 0 Å². The van der Waals surface area contributed by atoms with Crippen molar-refractivity contribution in [2.45, 2.75) is 25.7 Å². The second kappa shape index (κ2) is 7.08. The Balaban J connectivity index is 1.96. The van der Waals surface area contributed by atoms with Crippen molar-refractivity contribution in [2.75, 3.05) is 17.2 Å². The van der Waals surface area contributed by atoms with E-state index in [1.165, 1.54) is 4.90 Å². The van der Waals surface area contributed by atoms with E-state index in [-0.39, 0.29) is 25.3 Å². The zero-order valence-electron chi connectivity index (χ0n) is 12.4. The highest BCUT2D eigenvalue weighted by Gasteiger charge is 2.33. The predicted molar refractivity (Wildman–Crippen MR) is 82.4 cm³/mol. The van der Waals surface area contributed by atoms with E-state index in [4.69, 9.17) is 5.11 Å². The van der Waals surface area contributed by atoms with E-state index >= 15 is 0 Å². The third-order valence-electron chi connectivity index (χ3n) is 3.74. The predicted octanol–water partition coefficient (Wildman–Crippen LogP) is 1.75. The lowest BCUT2D eigenvalue weighted by molar-refractivity contribution is -0.137. The Morgan fingerprint density at radius 1 is 1.30 bits per heavy atom. The number of anilines is 1. The molecule has 1 N–H and O–H groups in total. The Kier molecular flexibility index (Phi) is 5.35. The van der Waals surface area contributed by atoms with Gasteiger partial charge in [0.2, 0.25) is 5.91 Å². The Bertz CT molecular complexity index is 686. The Morgan fingerprint density at radius 3 is 2.52 bits per heavy atom. The van der Waals surface area contributed by atoms with Crippen LogP contribution in [0, 0.1) is 5.92 Å². The molecule has 1 aromatic carbocycles. The number of nitrogens with zero attached hydrogens (tertiary/aromatic N) is 1. The molecule has 1 saturated heterocycles. The van der Waals surface area contributed by atoms with Gasteiger partial charge in [-0.2, -0.15) is 8.42 Å². The van der Waals surface area contributed by atoms with Crippen LogP contribution in [-0.2, 0) is 26.2 Å². The van der Waals surface area contributed by atoms with Crippen LogP contribution in [0.2, 0.25) is 0 Å². The van der Waals surface area contributed by atoms with Crippen LogP contribution in [0.25, 0.3) is 0 Å². The normalized spacial score (nSPS) is 18.4. The van der Waals surface area contributed by atoms with Crippen LogP contribution in [0.15, 0.2) is 24.3 Å². The summed E-state index contributed by atoms with van der Waals surface area (Å²) in [6.45, 7) is 0.181. The molecule has 8 heteroatoms. The summed E-state index contributed by atoms with van der Waals surface area (Å²) < 4.78 is 34.1. The van der Waals surface area contributed by atoms with E-state index < -0.39 is 27.9 Å². The van der Waals surface area contributed by atoms with Gasteiger partial charge in [0.15, 0.2) is 0 Å². The number of carbonyl (C=O) groups is 2. The largest absolute Gasteiger partial charge is 0.481 e. The van der Waals surface area contributed by atoms with Crippen molar-refractivity contribution in [3.8, 4) is 0 Å². The maximum absolute atomic E-state index is 12.7. The molecule has 0 aromatic heterocycles. The van der Waals surface area contributed by atoms with Crippen LogP contribution >= 0.6 is 0 Å². The number of aryl methyl sites for hydroxylation is 1. The highest BCUT2D eigenvalue weighted by atomic mass is 32.3. The second-order valence-corrected chi connectivity index (χ2v) is 7.10. The van der Waals surface area contributed by atoms with E-state index in [9.17, 15) is 21.9 Å². The van der Waals surface area contributed by atoms with Gasteiger partial charge in [-0.15, -0.1) is 3.89 Å². The van der Waals surface area contributed by atoms with Crippen LogP contribution in [0.1, 0.15) is 24.8 Å². The third-order valence-corrected chi connectivity index (χ3v) is 4.61. The minimum atomic E-state index is -4.59. The summed E-state index contributed by atoms with van der Waals surface area (Å²) in [6, 6.07) is 7.09. The molecule has 1 aliphatic heterocycles. The van der Waals surface area contributed by atoms with E-state index in [0.717, 1.165) is 5.56 Å². The maximum atomic E-state index is 12.7. The number of amides is 1. The minimum absolute atomic E-state index is 0.0174. The quantitative estimate of drug-likeness (QED) is 0.762. The summed E-state index contributed by atoms with van der Waals surface area (Å²) in [5.41, 5.74) is 1.60. The first-order valence-corrected chi connectivity index (χ1v) is 8.83. The number of hydrogen-bond acceptors (Lipinski definition) is 4. The SMILES string of the molecule is O=C(O)CCCc1ccc(N2CC(CS(=O)(=O)F)CC2=O)cc1. The molecule has 1 heterocycles. The fourth-order valence-corrected chi connectivity index (χ4v) is 3.50. The van der Waals surface area contributed by atoms with Gasteiger partial charge >= 0.3 is 16.2 Å². The molecule has 0 saturated carbocycles. The molecule has 0 spiro atoms. The standard InChI is InChI=1S/C15H18FNO5S/c16-23(21,22)10-12-8-14(18)17(9-12)13-6-4-11(5-7-13)2-1-3-15(19)20/h4-7,12H,1-3,8-10H2,(H,19,20). The van der Waals surface area contributed by atoms with Crippen molar-refractivity contribution in [1.82, 2.24) is 0 Å². The number of rotatable bonds is 7. The third kappa shape index (κ3) is 5.31. The average Bonchev–Trinajstić information content (AvgIpc) is 2.77. The average molecular weight is 343 g/mol. The Hall–Kier alpha value is -1.96. The summed E-state index contributed by atoms with van der Waals surface area (Å²) in [4.78, 5) is 23.9. The molecular formula is C15H18FNO5S. The van der Waals surface area contributed by atoms with Gasteiger partial charge in [-0.05, 0) is 30.5 Å². The van der Waals surface area contributed by atoms with Gasteiger partial charge in [0.05, 0.1) is 5.75 Å². The molecule has 1 unspecified atom stereocenters. The van der Waals surface area contributed by atoms with Gasteiger partial charge in [0, 0.05) is 31.0 Å². The second-order valence-electron chi connectivity index (χ2n) is 5.69. The molecule has 0 radical (unpaired) electrons. The number of carboxylic acid groups (broad SMARTS) is 1. The summed E-state index contributed by atoms with van der Waals surface area (Å²) >= 11 is 0. The summed E-state index contributed by atoms with van der Waals surface area (Å²) in [5, 5.41) is 8.60. The number of aliphatic carboxylic acids is 1. The van der Waals surface area contributed by atoms with Crippen LogP contribution in [0.3, 0.4) is 0 Å². The van der Waals surface area contributed by atoms with Crippen molar-refractivity contribution in [2.24, 2.45) is 5.92 Å². The number of carbonyl (C=O) groups excluding carboxylic acids is 1. The number of benzene rings is 1. The highest BCUT2D eigenvalue weighted by molar-refractivity contribution is 7.86. The summed E-state index contributed by atoms with van der Waals surface area (Å²) in [6.07, 6.45) is 1.28. The first-order chi connectivity index (χ1) is 10.7. The smallest absolute Gasteiger partial charge is 0.303 e. The highest BCUT2D eigenvalue weighted by Crippen LogP contribution is 2.26. The summed E-state index contributed by atoms with van der Waals surface area (Å²) in [5.74, 6) is -2.23. The molecule has 1 aliphatic rings. The number of hydrogen-bond donors (Lipinski definition) is 1. The van der Waals surface area contributed by atoms with Crippen molar-refractivity contribution in [3.05, 3.63) is 29.8 Å². The van der Waals surface area contributed by atoms with Crippen molar-refractivity contribution >= 4 is 27.8 Å².